The Labute approximate surface area is 96.5 Å². The van der Waals surface area contributed by atoms with Gasteiger partial charge in [-0.15, -0.1) is 0 Å². The first-order valence-corrected chi connectivity index (χ1v) is 4.84. The highest BCUT2D eigenvalue weighted by molar-refractivity contribution is 14.1. The third-order valence-electron chi connectivity index (χ3n) is 1.61. The lowest BCUT2D eigenvalue weighted by Gasteiger charge is -2.06. The van der Waals surface area contributed by atoms with Crippen LogP contribution in [0.15, 0.2) is 6.20 Å². The van der Waals surface area contributed by atoms with Crippen LogP contribution in [0.2, 0.25) is 0 Å². The molecule has 82 valence electrons. The van der Waals surface area contributed by atoms with Crippen LogP contribution < -0.4 is 0 Å². The molecule has 15 heavy (non-hydrogen) atoms. The minimum Gasteiger partial charge on any atom is -0.481 e. The zero-order valence-electron chi connectivity index (χ0n) is 7.18. The first kappa shape index (κ1) is 12.2. The van der Waals surface area contributed by atoms with E-state index in [4.69, 9.17) is 5.11 Å². The smallest absolute Gasteiger partial charge is 0.309 e. The molecule has 1 heterocycles. The molecule has 1 rings (SSSR count). The van der Waals surface area contributed by atoms with Crippen LogP contribution in [-0.2, 0) is 11.2 Å². The largest absolute Gasteiger partial charge is 0.481 e. The maximum Gasteiger partial charge on any atom is 0.309 e. The lowest BCUT2D eigenvalue weighted by atomic mass is 10.2. The third kappa shape index (κ3) is 2.80. The zero-order valence-corrected chi connectivity index (χ0v) is 9.33. The maximum atomic E-state index is 13.2. The van der Waals surface area contributed by atoms with Crippen LogP contribution in [0, 0.1) is 9.39 Å². The van der Waals surface area contributed by atoms with Crippen LogP contribution >= 0.6 is 22.6 Å². The first-order valence-electron chi connectivity index (χ1n) is 3.76. The second-order valence-electron chi connectivity index (χ2n) is 2.66. The van der Waals surface area contributed by atoms with E-state index in [-0.39, 0.29) is 9.26 Å². The fourth-order valence-corrected chi connectivity index (χ4v) is 1.57. The number of carbonyl (C=O) groups is 1. The van der Waals surface area contributed by atoms with Gasteiger partial charge in [-0.1, -0.05) is 0 Å². The molecule has 0 spiro atoms. The van der Waals surface area contributed by atoms with Gasteiger partial charge >= 0.3 is 5.97 Å². The van der Waals surface area contributed by atoms with E-state index in [9.17, 15) is 18.0 Å². The van der Waals surface area contributed by atoms with Crippen LogP contribution in [-0.4, -0.2) is 16.1 Å². The summed E-state index contributed by atoms with van der Waals surface area (Å²) in [7, 11) is 0. The molecule has 0 saturated carbocycles. The molecule has 0 bridgehead atoms. The van der Waals surface area contributed by atoms with Crippen molar-refractivity contribution in [1.82, 2.24) is 4.98 Å². The van der Waals surface area contributed by atoms with Gasteiger partial charge in [-0.2, -0.15) is 0 Å². The van der Waals surface area contributed by atoms with E-state index >= 15 is 0 Å². The number of carboxylic acid groups (broad SMARTS) is 1. The van der Waals surface area contributed by atoms with E-state index in [1.54, 1.807) is 0 Å². The van der Waals surface area contributed by atoms with Gasteiger partial charge in [0, 0.05) is 6.20 Å². The number of aliphatic carboxylic acids is 1. The molecule has 0 aliphatic carbocycles. The minimum absolute atomic E-state index is 0.0509. The summed E-state index contributed by atoms with van der Waals surface area (Å²) in [6, 6.07) is 0. The molecule has 0 radical (unpaired) electrons. The molecular formula is C8H5F3INO2. The highest BCUT2D eigenvalue weighted by Gasteiger charge is 2.20. The molecule has 0 aliphatic heterocycles. The number of rotatable bonds is 3. The fraction of sp³-hybridized carbons (Fsp3) is 0.250. The second-order valence-corrected chi connectivity index (χ2v) is 3.74. The van der Waals surface area contributed by atoms with Gasteiger partial charge in [-0.05, 0) is 22.6 Å². The highest BCUT2D eigenvalue weighted by atomic mass is 127. The second kappa shape index (κ2) is 4.77. The van der Waals surface area contributed by atoms with Crippen LogP contribution in [0.3, 0.4) is 0 Å². The molecular weight excluding hydrogens is 326 g/mol. The maximum absolute atomic E-state index is 13.2. The van der Waals surface area contributed by atoms with Gasteiger partial charge in [0.2, 0.25) is 0 Å². The molecule has 0 aromatic carbocycles. The average molecular weight is 331 g/mol. The first-order chi connectivity index (χ1) is 6.93. The summed E-state index contributed by atoms with van der Waals surface area (Å²) >= 11 is 1.46. The summed E-state index contributed by atoms with van der Waals surface area (Å²) in [5.41, 5.74) is -0.862. The van der Waals surface area contributed by atoms with Crippen molar-refractivity contribution in [3.8, 4) is 0 Å². The predicted molar refractivity (Wildman–Crippen MR) is 53.2 cm³/mol. The summed E-state index contributed by atoms with van der Waals surface area (Å²) in [4.78, 5) is 13.8. The molecule has 1 N–H and O–H groups in total. The van der Waals surface area contributed by atoms with E-state index in [0.29, 0.717) is 6.20 Å². The summed E-state index contributed by atoms with van der Waals surface area (Å²) < 4.78 is 37.5. The molecule has 1 aromatic heterocycles. The molecule has 0 unspecified atom stereocenters. The molecule has 3 nitrogen and oxygen atoms in total. The van der Waals surface area contributed by atoms with Crippen LogP contribution in [0.4, 0.5) is 13.2 Å². The Morgan fingerprint density at radius 3 is 2.67 bits per heavy atom. The van der Waals surface area contributed by atoms with E-state index in [2.05, 4.69) is 4.98 Å². The van der Waals surface area contributed by atoms with Gasteiger partial charge in [0.05, 0.1) is 21.2 Å². The van der Waals surface area contributed by atoms with Crippen molar-refractivity contribution in [2.24, 2.45) is 0 Å². The van der Waals surface area contributed by atoms with Gasteiger partial charge in [-0.3, -0.25) is 9.78 Å². The molecule has 1 aromatic rings. The van der Waals surface area contributed by atoms with Crippen LogP contribution in [0.1, 0.15) is 17.7 Å². The number of nitrogens with zero attached hydrogens (tertiary/aromatic N) is 1. The normalized spacial score (nSPS) is 10.7. The number of halogens is 4. The van der Waals surface area contributed by atoms with Crippen LogP contribution in [0.5, 0.6) is 0 Å². The van der Waals surface area contributed by atoms with Gasteiger partial charge in [0.1, 0.15) is 5.82 Å². The SMILES string of the molecule is O=C(O)Cc1ncc(C(F)F)c(F)c1I. The van der Waals surface area contributed by atoms with Gasteiger partial charge in [0.25, 0.3) is 6.43 Å². The molecule has 0 atom stereocenters. The number of carboxylic acids is 1. The van der Waals surface area contributed by atoms with E-state index in [1.807, 2.05) is 0 Å². The minimum atomic E-state index is -2.95. The molecule has 7 heteroatoms. The predicted octanol–water partition coefficient (Wildman–Crippen LogP) is 2.39. The summed E-state index contributed by atoms with van der Waals surface area (Å²) in [5.74, 6) is -2.29. The van der Waals surface area contributed by atoms with Crippen molar-refractivity contribution in [1.29, 1.82) is 0 Å². The monoisotopic (exact) mass is 331 g/mol. The number of hydrogen-bond donors (Lipinski definition) is 1. The summed E-state index contributed by atoms with van der Waals surface area (Å²) in [6.45, 7) is 0. The standard InChI is InChI=1S/C8H5F3INO2/c9-6-3(8(10)11)2-13-4(7(6)12)1-5(14)15/h2,8H,1H2,(H,14,15). The van der Waals surface area contributed by atoms with Crippen molar-refractivity contribution in [2.75, 3.05) is 0 Å². The summed E-state index contributed by atoms with van der Waals surface area (Å²) in [6.07, 6.45) is -2.77. The number of pyridine rings is 1. The van der Waals surface area contributed by atoms with Crippen LogP contribution in [0.25, 0.3) is 0 Å². The van der Waals surface area contributed by atoms with Crippen molar-refractivity contribution in [3.63, 3.8) is 0 Å². The van der Waals surface area contributed by atoms with Gasteiger partial charge in [-0.25, -0.2) is 13.2 Å². The Hall–Kier alpha value is -0.860. The van der Waals surface area contributed by atoms with Crippen molar-refractivity contribution in [3.05, 3.63) is 26.8 Å². The lowest BCUT2D eigenvalue weighted by Crippen LogP contribution is -2.08. The van der Waals surface area contributed by atoms with Crippen molar-refractivity contribution >= 4 is 28.6 Å². The Kier molecular flexibility index (Phi) is 3.89. The van der Waals surface area contributed by atoms with Gasteiger partial charge in [0.15, 0.2) is 0 Å². The molecule has 0 amide bonds. The van der Waals surface area contributed by atoms with Crippen molar-refractivity contribution in [2.45, 2.75) is 12.8 Å². The number of aromatic nitrogens is 1. The summed E-state index contributed by atoms with van der Waals surface area (Å²) in [5, 5.41) is 8.45. The Morgan fingerprint density at radius 2 is 2.20 bits per heavy atom. The van der Waals surface area contributed by atoms with E-state index < -0.39 is 30.2 Å². The average Bonchev–Trinajstić information content (AvgIpc) is 2.12. The van der Waals surface area contributed by atoms with Gasteiger partial charge < -0.3 is 5.11 Å². The number of hydrogen-bond acceptors (Lipinski definition) is 2. The van der Waals surface area contributed by atoms with E-state index in [0.717, 1.165) is 0 Å². The van der Waals surface area contributed by atoms with E-state index in [1.165, 1.54) is 22.6 Å². The molecule has 0 fully saturated rings. The quantitative estimate of drug-likeness (QED) is 0.866. The highest BCUT2D eigenvalue weighted by Crippen LogP contribution is 2.25. The number of alkyl halides is 2. The fourth-order valence-electron chi connectivity index (χ4n) is 0.933. The van der Waals surface area contributed by atoms with Crippen molar-refractivity contribution < 1.29 is 23.1 Å². The topological polar surface area (TPSA) is 50.2 Å². The lowest BCUT2D eigenvalue weighted by molar-refractivity contribution is -0.136. The Balaban J connectivity index is 3.15. The molecule has 0 saturated heterocycles. The molecule has 0 aliphatic rings. The zero-order chi connectivity index (χ0) is 11.6. The Bertz CT molecular complexity index is 398. The Morgan fingerprint density at radius 1 is 1.60 bits per heavy atom. The third-order valence-corrected chi connectivity index (χ3v) is 2.71.